The monoisotopic (exact) mass is 175 g/mol. The number of hydrogen-bond donors (Lipinski definition) is 0. The van der Waals surface area contributed by atoms with Crippen molar-refractivity contribution in [3.05, 3.63) is 30.5 Å². The molecule has 0 saturated heterocycles. The van der Waals surface area contributed by atoms with Gasteiger partial charge in [-0.3, -0.25) is 4.98 Å². The Hall–Kier alpha value is -1.38. The Balaban J connectivity index is 2.49. The van der Waals surface area contributed by atoms with Crippen LogP contribution in [0.5, 0.6) is 0 Å². The van der Waals surface area contributed by atoms with E-state index in [1.165, 1.54) is 0 Å². The number of rotatable bonds is 2. The van der Waals surface area contributed by atoms with E-state index >= 15 is 0 Å². The first-order chi connectivity index (χ1) is 6.31. The molecule has 0 amide bonds. The van der Waals surface area contributed by atoms with Gasteiger partial charge in [-0.05, 0) is 12.3 Å². The molecule has 2 rings (SSSR count). The van der Waals surface area contributed by atoms with E-state index in [4.69, 9.17) is 0 Å². The molecule has 1 atom stereocenters. The van der Waals surface area contributed by atoms with Crippen molar-refractivity contribution in [1.82, 2.24) is 14.4 Å². The van der Waals surface area contributed by atoms with E-state index in [9.17, 15) is 0 Å². The average Bonchev–Trinajstić information content (AvgIpc) is 2.59. The van der Waals surface area contributed by atoms with E-state index in [1.54, 1.807) is 12.4 Å². The third kappa shape index (κ3) is 1.41. The molecule has 3 heteroatoms. The fraction of sp³-hybridized carbons (Fsp3) is 0.400. The minimum Gasteiger partial charge on any atom is -0.304 e. The van der Waals surface area contributed by atoms with Crippen molar-refractivity contribution < 1.29 is 0 Å². The summed E-state index contributed by atoms with van der Waals surface area (Å²) in [7, 11) is 0. The molecule has 0 bridgehead atoms. The Bertz CT molecular complexity index is 372. The first-order valence-corrected chi connectivity index (χ1v) is 4.60. The van der Waals surface area contributed by atoms with Crippen molar-refractivity contribution >= 4 is 5.65 Å². The van der Waals surface area contributed by atoms with E-state index in [0.29, 0.717) is 5.92 Å². The lowest BCUT2D eigenvalue weighted by atomic mass is 10.1. The first kappa shape index (κ1) is 8.23. The summed E-state index contributed by atoms with van der Waals surface area (Å²) in [5, 5.41) is 0. The van der Waals surface area contributed by atoms with E-state index in [-0.39, 0.29) is 0 Å². The molecule has 2 heterocycles. The molecule has 0 aliphatic heterocycles. The van der Waals surface area contributed by atoms with Crippen LogP contribution in [0.3, 0.4) is 0 Å². The van der Waals surface area contributed by atoms with Gasteiger partial charge in [-0.2, -0.15) is 0 Å². The number of aromatic nitrogens is 3. The van der Waals surface area contributed by atoms with Gasteiger partial charge in [0.1, 0.15) is 0 Å². The maximum atomic E-state index is 4.48. The molecule has 0 fully saturated rings. The zero-order valence-corrected chi connectivity index (χ0v) is 7.94. The van der Waals surface area contributed by atoms with Gasteiger partial charge in [-0.25, -0.2) is 4.98 Å². The average molecular weight is 175 g/mol. The third-order valence-corrected chi connectivity index (χ3v) is 2.40. The van der Waals surface area contributed by atoms with Gasteiger partial charge in [0.25, 0.3) is 0 Å². The molecule has 0 aliphatic carbocycles. The van der Waals surface area contributed by atoms with Crippen LogP contribution in [0.2, 0.25) is 0 Å². The molecule has 0 radical (unpaired) electrons. The van der Waals surface area contributed by atoms with Crippen LogP contribution in [0.4, 0.5) is 0 Å². The van der Waals surface area contributed by atoms with Gasteiger partial charge < -0.3 is 4.40 Å². The smallest absolute Gasteiger partial charge is 0.155 e. The van der Waals surface area contributed by atoms with Gasteiger partial charge in [0, 0.05) is 18.6 Å². The Morgan fingerprint density at radius 3 is 3.08 bits per heavy atom. The summed E-state index contributed by atoms with van der Waals surface area (Å²) in [5.41, 5.74) is 2.08. The van der Waals surface area contributed by atoms with E-state index in [1.807, 2.05) is 10.6 Å². The maximum absolute atomic E-state index is 4.48. The summed E-state index contributed by atoms with van der Waals surface area (Å²) in [5.74, 6) is 0.528. The Morgan fingerprint density at radius 1 is 1.54 bits per heavy atom. The van der Waals surface area contributed by atoms with Crippen molar-refractivity contribution in [2.24, 2.45) is 0 Å². The summed E-state index contributed by atoms with van der Waals surface area (Å²) in [6.07, 6.45) is 8.68. The molecule has 0 spiro atoms. The minimum atomic E-state index is 0.528. The molecule has 0 N–H and O–H groups in total. The highest BCUT2D eigenvalue weighted by molar-refractivity contribution is 5.37. The quantitative estimate of drug-likeness (QED) is 0.700. The molecule has 1 unspecified atom stereocenters. The molecule has 2 aromatic rings. The summed E-state index contributed by atoms with van der Waals surface area (Å²) in [6, 6.07) is 0. The van der Waals surface area contributed by atoms with Crippen molar-refractivity contribution in [1.29, 1.82) is 0 Å². The second-order valence-corrected chi connectivity index (χ2v) is 3.32. The lowest BCUT2D eigenvalue weighted by Crippen LogP contribution is -1.89. The highest BCUT2D eigenvalue weighted by Crippen LogP contribution is 2.17. The van der Waals surface area contributed by atoms with Crippen molar-refractivity contribution in [3.63, 3.8) is 0 Å². The molecule has 3 nitrogen and oxygen atoms in total. The van der Waals surface area contributed by atoms with Gasteiger partial charge in [0.05, 0.1) is 11.9 Å². The van der Waals surface area contributed by atoms with Crippen LogP contribution >= 0.6 is 0 Å². The van der Waals surface area contributed by atoms with Gasteiger partial charge in [0.15, 0.2) is 5.65 Å². The lowest BCUT2D eigenvalue weighted by Gasteiger charge is -2.01. The standard InChI is InChI=1S/C10H13N3/c1-3-8(2)9-7-13-5-4-11-6-10(13)12-9/h4-8H,3H2,1-2H3. The predicted molar refractivity (Wildman–Crippen MR) is 51.7 cm³/mol. The maximum Gasteiger partial charge on any atom is 0.155 e. The molecular weight excluding hydrogens is 162 g/mol. The topological polar surface area (TPSA) is 30.2 Å². The molecular formula is C10H13N3. The van der Waals surface area contributed by atoms with Crippen LogP contribution in [-0.2, 0) is 0 Å². The van der Waals surface area contributed by atoms with Crippen LogP contribution in [0.1, 0.15) is 31.9 Å². The van der Waals surface area contributed by atoms with Gasteiger partial charge >= 0.3 is 0 Å². The second-order valence-electron chi connectivity index (χ2n) is 3.32. The fourth-order valence-corrected chi connectivity index (χ4v) is 1.31. The molecule has 0 saturated carbocycles. The molecule has 0 aliphatic rings. The highest BCUT2D eigenvalue weighted by atomic mass is 15.0. The largest absolute Gasteiger partial charge is 0.304 e. The molecule has 2 aromatic heterocycles. The summed E-state index contributed by atoms with van der Waals surface area (Å²) in [6.45, 7) is 4.36. The molecule has 0 aromatic carbocycles. The zero-order valence-electron chi connectivity index (χ0n) is 7.94. The van der Waals surface area contributed by atoms with Crippen molar-refractivity contribution in [3.8, 4) is 0 Å². The van der Waals surface area contributed by atoms with E-state index in [0.717, 1.165) is 17.8 Å². The van der Waals surface area contributed by atoms with E-state index < -0.39 is 0 Å². The van der Waals surface area contributed by atoms with Crippen molar-refractivity contribution in [2.45, 2.75) is 26.2 Å². The van der Waals surface area contributed by atoms with E-state index in [2.05, 4.69) is 30.0 Å². The van der Waals surface area contributed by atoms with Gasteiger partial charge in [-0.15, -0.1) is 0 Å². The number of imidazole rings is 1. The normalized spacial score (nSPS) is 13.4. The molecule has 68 valence electrons. The van der Waals surface area contributed by atoms with Crippen LogP contribution in [0.15, 0.2) is 24.8 Å². The number of fused-ring (bicyclic) bond motifs is 1. The summed E-state index contributed by atoms with van der Waals surface area (Å²) >= 11 is 0. The van der Waals surface area contributed by atoms with Gasteiger partial charge in [-0.1, -0.05) is 13.8 Å². The SMILES string of the molecule is CCC(C)c1cn2ccncc2n1. The highest BCUT2D eigenvalue weighted by Gasteiger charge is 2.07. The molecule has 13 heavy (non-hydrogen) atoms. The van der Waals surface area contributed by atoms with Crippen LogP contribution in [0, 0.1) is 0 Å². The third-order valence-electron chi connectivity index (χ3n) is 2.40. The van der Waals surface area contributed by atoms with Crippen LogP contribution in [-0.4, -0.2) is 14.4 Å². The Kier molecular flexibility index (Phi) is 2.00. The van der Waals surface area contributed by atoms with Crippen LogP contribution < -0.4 is 0 Å². The van der Waals surface area contributed by atoms with Gasteiger partial charge in [0.2, 0.25) is 0 Å². The minimum absolute atomic E-state index is 0.528. The van der Waals surface area contributed by atoms with Crippen molar-refractivity contribution in [2.75, 3.05) is 0 Å². The van der Waals surface area contributed by atoms with Crippen LogP contribution in [0.25, 0.3) is 5.65 Å². The summed E-state index contributed by atoms with van der Waals surface area (Å²) < 4.78 is 2.01. The fourth-order valence-electron chi connectivity index (χ4n) is 1.31. The predicted octanol–water partition coefficient (Wildman–Crippen LogP) is 2.24. The first-order valence-electron chi connectivity index (χ1n) is 4.60. The summed E-state index contributed by atoms with van der Waals surface area (Å²) in [4.78, 5) is 8.51. The lowest BCUT2D eigenvalue weighted by molar-refractivity contribution is 0.714. The number of nitrogens with zero attached hydrogens (tertiary/aromatic N) is 3. The Morgan fingerprint density at radius 2 is 2.38 bits per heavy atom. The number of hydrogen-bond acceptors (Lipinski definition) is 2. The Labute approximate surface area is 77.4 Å². The zero-order chi connectivity index (χ0) is 9.26. The second kappa shape index (κ2) is 3.17.